The summed E-state index contributed by atoms with van der Waals surface area (Å²) in [6.07, 6.45) is -1.44. The Hall–Kier alpha value is -2.20. The molecule has 1 heterocycles. The van der Waals surface area contributed by atoms with Gasteiger partial charge in [-0.15, -0.1) is 0 Å². The summed E-state index contributed by atoms with van der Waals surface area (Å²) in [5.74, 6) is -2.24. The highest BCUT2D eigenvalue weighted by Gasteiger charge is 2.51. The minimum absolute atomic E-state index is 0.243. The second-order valence-corrected chi connectivity index (χ2v) is 6.80. The van der Waals surface area contributed by atoms with Gasteiger partial charge in [0.15, 0.2) is 18.5 Å². The Bertz CT molecular complexity index is 580. The zero-order chi connectivity index (χ0) is 22.0. The van der Waals surface area contributed by atoms with Crippen molar-refractivity contribution in [3.8, 4) is 0 Å². The summed E-state index contributed by atoms with van der Waals surface area (Å²) in [5.41, 5.74) is 0. The minimum atomic E-state index is -1.11. The average molecular weight is 417 g/mol. The Morgan fingerprint density at radius 3 is 2.03 bits per heavy atom. The summed E-state index contributed by atoms with van der Waals surface area (Å²) in [4.78, 5) is 46.3. The summed E-state index contributed by atoms with van der Waals surface area (Å²) >= 11 is 0. The molecule has 166 valence electrons. The van der Waals surface area contributed by atoms with Crippen molar-refractivity contribution in [2.45, 2.75) is 84.5 Å². The van der Waals surface area contributed by atoms with Gasteiger partial charge in [-0.1, -0.05) is 19.8 Å². The molecule has 0 aliphatic carbocycles. The lowest BCUT2D eigenvalue weighted by molar-refractivity contribution is -0.277. The highest BCUT2D eigenvalue weighted by molar-refractivity contribution is 5.73. The van der Waals surface area contributed by atoms with Crippen LogP contribution in [-0.2, 0) is 42.9 Å². The first-order valence-corrected chi connectivity index (χ1v) is 9.67. The van der Waals surface area contributed by atoms with Gasteiger partial charge in [-0.25, -0.2) is 0 Å². The number of hydrogen-bond donors (Lipinski definition) is 1. The van der Waals surface area contributed by atoms with E-state index in [1.165, 1.54) is 27.7 Å². The van der Waals surface area contributed by atoms with Gasteiger partial charge in [0.1, 0.15) is 18.8 Å². The van der Waals surface area contributed by atoms with Crippen LogP contribution in [0.1, 0.15) is 53.9 Å². The van der Waals surface area contributed by atoms with Gasteiger partial charge in [-0.2, -0.15) is 0 Å². The largest absolute Gasteiger partial charge is 0.463 e. The number of ether oxygens (including phenoxy) is 5. The van der Waals surface area contributed by atoms with Crippen LogP contribution >= 0.6 is 0 Å². The third-order valence-corrected chi connectivity index (χ3v) is 4.10. The normalized spacial score (nSPS) is 26.3. The first-order valence-electron chi connectivity index (χ1n) is 9.67. The maximum atomic E-state index is 11.8. The molecule has 1 rings (SSSR count). The maximum absolute atomic E-state index is 11.8. The average Bonchev–Trinajstić information content (AvgIpc) is 2.60. The first kappa shape index (κ1) is 24.8. The summed E-state index contributed by atoms with van der Waals surface area (Å²) < 4.78 is 27.4. The molecule has 1 saturated heterocycles. The van der Waals surface area contributed by atoms with E-state index in [0.29, 0.717) is 6.61 Å². The SMILES string of the molecule is CCCCCO[C@H]1O[C@H](COC(C)=O)[C@H](OC(C)=O)[C@H](OC(C)=O)[C@H]1NC(C)=O. The molecule has 1 aliphatic rings. The summed E-state index contributed by atoms with van der Waals surface area (Å²) in [5, 5.41) is 2.65. The lowest BCUT2D eigenvalue weighted by atomic mass is 9.96. The topological polar surface area (TPSA) is 126 Å². The summed E-state index contributed by atoms with van der Waals surface area (Å²) in [6.45, 7) is 7.06. The van der Waals surface area contributed by atoms with E-state index in [1.807, 2.05) is 6.92 Å². The lowest BCUT2D eigenvalue weighted by Gasteiger charge is -2.44. The van der Waals surface area contributed by atoms with Crippen LogP contribution in [0.15, 0.2) is 0 Å². The predicted molar refractivity (Wildman–Crippen MR) is 99.5 cm³/mol. The molecule has 0 spiro atoms. The van der Waals surface area contributed by atoms with E-state index in [0.717, 1.165) is 19.3 Å². The van der Waals surface area contributed by atoms with Crippen LogP contribution in [0.5, 0.6) is 0 Å². The fourth-order valence-corrected chi connectivity index (χ4v) is 2.98. The molecule has 1 fully saturated rings. The minimum Gasteiger partial charge on any atom is -0.463 e. The van der Waals surface area contributed by atoms with Crippen molar-refractivity contribution < 1.29 is 42.9 Å². The Kier molecular flexibility index (Phi) is 10.6. The van der Waals surface area contributed by atoms with Crippen molar-refractivity contribution in [1.29, 1.82) is 0 Å². The molecule has 1 N–H and O–H groups in total. The Balaban J connectivity index is 3.17. The smallest absolute Gasteiger partial charge is 0.303 e. The number of hydrogen-bond acceptors (Lipinski definition) is 9. The van der Waals surface area contributed by atoms with Gasteiger partial charge < -0.3 is 29.0 Å². The van der Waals surface area contributed by atoms with Crippen LogP contribution in [-0.4, -0.2) is 67.7 Å². The fourth-order valence-electron chi connectivity index (χ4n) is 2.98. The third kappa shape index (κ3) is 8.78. The molecule has 1 aliphatic heterocycles. The monoisotopic (exact) mass is 417 g/mol. The van der Waals surface area contributed by atoms with Crippen molar-refractivity contribution in [3.05, 3.63) is 0 Å². The second-order valence-electron chi connectivity index (χ2n) is 6.80. The van der Waals surface area contributed by atoms with Crippen molar-refractivity contribution in [2.24, 2.45) is 0 Å². The van der Waals surface area contributed by atoms with Gasteiger partial charge in [-0.05, 0) is 6.42 Å². The Morgan fingerprint density at radius 1 is 0.897 bits per heavy atom. The quantitative estimate of drug-likeness (QED) is 0.313. The molecule has 5 atom stereocenters. The van der Waals surface area contributed by atoms with Crippen molar-refractivity contribution in [2.75, 3.05) is 13.2 Å². The highest BCUT2D eigenvalue weighted by Crippen LogP contribution is 2.28. The zero-order valence-corrected chi connectivity index (χ0v) is 17.6. The van der Waals surface area contributed by atoms with E-state index < -0.39 is 54.5 Å². The Morgan fingerprint density at radius 2 is 1.52 bits per heavy atom. The molecular formula is C19H31NO9. The van der Waals surface area contributed by atoms with E-state index in [1.54, 1.807) is 0 Å². The lowest BCUT2D eigenvalue weighted by Crippen LogP contribution is -2.66. The molecule has 10 heteroatoms. The molecule has 0 aromatic rings. The number of unbranched alkanes of at least 4 members (excludes halogenated alkanes) is 2. The van der Waals surface area contributed by atoms with Crippen molar-refractivity contribution in [3.63, 3.8) is 0 Å². The van der Waals surface area contributed by atoms with Gasteiger partial charge in [0, 0.05) is 34.3 Å². The second kappa shape index (κ2) is 12.4. The van der Waals surface area contributed by atoms with Gasteiger partial charge in [0.2, 0.25) is 5.91 Å². The van der Waals surface area contributed by atoms with Gasteiger partial charge in [0.05, 0.1) is 0 Å². The highest BCUT2D eigenvalue weighted by atomic mass is 16.7. The van der Waals surface area contributed by atoms with E-state index in [4.69, 9.17) is 23.7 Å². The standard InChI is InChI=1S/C19H31NO9/c1-6-7-8-9-25-19-16(20-11(2)21)18(28-14(5)24)17(27-13(4)23)15(29-19)10-26-12(3)22/h15-19H,6-10H2,1-5H3,(H,20,21)/t15-,16-,17+,18-,19+/m1/s1. The van der Waals surface area contributed by atoms with E-state index in [9.17, 15) is 19.2 Å². The summed E-state index contributed by atoms with van der Waals surface area (Å²) in [7, 11) is 0. The van der Waals surface area contributed by atoms with Crippen LogP contribution < -0.4 is 5.32 Å². The molecule has 29 heavy (non-hydrogen) atoms. The van der Waals surface area contributed by atoms with E-state index in [-0.39, 0.29) is 6.61 Å². The van der Waals surface area contributed by atoms with Crippen molar-refractivity contribution >= 4 is 23.8 Å². The van der Waals surface area contributed by atoms with E-state index in [2.05, 4.69) is 5.32 Å². The molecule has 1 amide bonds. The Labute approximate surface area is 170 Å². The third-order valence-electron chi connectivity index (χ3n) is 4.10. The molecule has 10 nitrogen and oxygen atoms in total. The molecular weight excluding hydrogens is 386 g/mol. The fraction of sp³-hybridized carbons (Fsp3) is 0.789. The molecule has 0 saturated carbocycles. The summed E-state index contributed by atoms with van der Waals surface area (Å²) in [6, 6.07) is -0.920. The van der Waals surface area contributed by atoms with Crippen LogP contribution in [0.4, 0.5) is 0 Å². The number of amides is 1. The van der Waals surface area contributed by atoms with Crippen LogP contribution in [0.3, 0.4) is 0 Å². The number of rotatable bonds is 10. The predicted octanol–water partition coefficient (Wildman–Crippen LogP) is 0.849. The molecule has 0 aromatic carbocycles. The van der Waals surface area contributed by atoms with Crippen LogP contribution in [0, 0.1) is 0 Å². The molecule has 0 bridgehead atoms. The number of carbonyl (C=O) groups is 4. The van der Waals surface area contributed by atoms with Crippen LogP contribution in [0.25, 0.3) is 0 Å². The molecule has 0 aromatic heterocycles. The van der Waals surface area contributed by atoms with Crippen LogP contribution in [0.2, 0.25) is 0 Å². The molecule has 0 unspecified atom stereocenters. The number of carbonyl (C=O) groups excluding carboxylic acids is 4. The maximum Gasteiger partial charge on any atom is 0.303 e. The molecule has 0 radical (unpaired) electrons. The first-order chi connectivity index (χ1) is 13.6. The van der Waals surface area contributed by atoms with Gasteiger partial charge in [0.25, 0.3) is 0 Å². The van der Waals surface area contributed by atoms with Crippen molar-refractivity contribution in [1.82, 2.24) is 5.32 Å². The van der Waals surface area contributed by atoms with E-state index >= 15 is 0 Å². The number of esters is 3. The van der Waals surface area contributed by atoms with Gasteiger partial charge in [-0.3, -0.25) is 19.2 Å². The van der Waals surface area contributed by atoms with Gasteiger partial charge >= 0.3 is 17.9 Å². The number of nitrogens with one attached hydrogen (secondary N) is 1. The zero-order valence-electron chi connectivity index (χ0n) is 17.6.